The van der Waals surface area contributed by atoms with Crippen LogP contribution in [0.4, 0.5) is 0 Å². The first-order valence-electron chi connectivity index (χ1n) is 4.24. The molecule has 0 bridgehead atoms. The summed E-state index contributed by atoms with van der Waals surface area (Å²) in [4.78, 5) is 21.4. The van der Waals surface area contributed by atoms with E-state index in [2.05, 4.69) is 9.47 Å². The quantitative estimate of drug-likeness (QED) is 0.396. The van der Waals surface area contributed by atoms with E-state index in [0.717, 1.165) is 12.2 Å². The summed E-state index contributed by atoms with van der Waals surface area (Å²) in [5.74, 6) is -1.41. The minimum Gasteiger partial charge on any atom is -0.466 e. The van der Waals surface area contributed by atoms with Crippen molar-refractivity contribution in [2.24, 2.45) is 0 Å². The summed E-state index contributed by atoms with van der Waals surface area (Å²) >= 11 is 0. The number of hydrogen-bond acceptors (Lipinski definition) is 5. The van der Waals surface area contributed by atoms with Crippen LogP contribution in [0.25, 0.3) is 0 Å². The largest absolute Gasteiger partial charge is 0.466 e. The summed E-state index contributed by atoms with van der Waals surface area (Å²) < 4.78 is 8.76. The minimum absolute atomic E-state index is 0.373. The fourth-order valence-electron chi connectivity index (χ4n) is 0.683. The van der Waals surface area contributed by atoms with E-state index in [-0.39, 0.29) is 0 Å². The van der Waals surface area contributed by atoms with Crippen molar-refractivity contribution in [3.8, 4) is 0 Å². The molecule has 0 aromatic carbocycles. The molecule has 0 aromatic heterocycles. The molecule has 0 saturated heterocycles. The van der Waals surface area contributed by atoms with Crippen LogP contribution in [0.5, 0.6) is 0 Å². The van der Waals surface area contributed by atoms with Crippen molar-refractivity contribution in [3.63, 3.8) is 0 Å². The maximum absolute atomic E-state index is 10.9. The van der Waals surface area contributed by atoms with Gasteiger partial charge in [0.2, 0.25) is 6.29 Å². The van der Waals surface area contributed by atoms with Crippen molar-refractivity contribution in [1.82, 2.24) is 0 Å². The average Bonchev–Trinajstić information content (AvgIpc) is 2.14. The first kappa shape index (κ1) is 12.6. The third-order valence-electron chi connectivity index (χ3n) is 1.34. The van der Waals surface area contributed by atoms with Gasteiger partial charge in [0.25, 0.3) is 0 Å². The summed E-state index contributed by atoms with van der Waals surface area (Å²) in [6, 6.07) is 0. The number of carbonyl (C=O) groups is 2. The van der Waals surface area contributed by atoms with Crippen LogP contribution in [0, 0.1) is 0 Å². The van der Waals surface area contributed by atoms with Crippen LogP contribution < -0.4 is 0 Å². The summed E-state index contributed by atoms with van der Waals surface area (Å²) in [5.41, 5.74) is 0. The Labute approximate surface area is 82.3 Å². The molecule has 0 saturated carbocycles. The average molecular weight is 202 g/mol. The van der Waals surface area contributed by atoms with E-state index in [9.17, 15) is 9.59 Å². The molecule has 0 radical (unpaired) electrons. The van der Waals surface area contributed by atoms with E-state index in [1.807, 2.05) is 6.92 Å². The molecule has 0 rings (SSSR count). The highest BCUT2D eigenvalue weighted by Crippen LogP contribution is 1.98. The monoisotopic (exact) mass is 202 g/mol. The summed E-state index contributed by atoms with van der Waals surface area (Å²) in [5, 5.41) is 9.05. The number of aliphatic hydroxyl groups excluding tert-OH is 1. The smallest absolute Gasteiger partial charge is 0.333 e. The lowest BCUT2D eigenvalue weighted by molar-refractivity contribution is -0.162. The molecule has 1 unspecified atom stereocenters. The van der Waals surface area contributed by atoms with E-state index in [4.69, 9.17) is 5.11 Å². The van der Waals surface area contributed by atoms with Crippen molar-refractivity contribution in [1.29, 1.82) is 0 Å². The second kappa shape index (κ2) is 7.08. The molecule has 0 aromatic rings. The molecule has 0 aliphatic carbocycles. The van der Waals surface area contributed by atoms with E-state index in [0.29, 0.717) is 12.8 Å². The van der Waals surface area contributed by atoms with Gasteiger partial charge >= 0.3 is 11.9 Å². The third-order valence-corrected chi connectivity index (χ3v) is 1.34. The van der Waals surface area contributed by atoms with E-state index >= 15 is 0 Å². The summed E-state index contributed by atoms with van der Waals surface area (Å²) in [6.07, 6.45) is 1.80. The zero-order chi connectivity index (χ0) is 11.0. The number of hydrogen-bond donors (Lipinski definition) is 1. The van der Waals surface area contributed by atoms with Gasteiger partial charge in [0.15, 0.2) is 0 Å². The van der Waals surface area contributed by atoms with Crippen LogP contribution in [0.2, 0.25) is 0 Å². The van der Waals surface area contributed by atoms with Crippen molar-refractivity contribution in [3.05, 3.63) is 12.2 Å². The molecular formula is C9H14O5. The van der Waals surface area contributed by atoms with Crippen molar-refractivity contribution in [2.75, 3.05) is 7.11 Å². The van der Waals surface area contributed by atoms with Crippen LogP contribution in [-0.4, -0.2) is 30.4 Å². The van der Waals surface area contributed by atoms with Crippen molar-refractivity contribution < 1.29 is 24.2 Å². The Morgan fingerprint density at radius 3 is 2.43 bits per heavy atom. The highest BCUT2D eigenvalue weighted by atomic mass is 16.6. The Balaban J connectivity index is 3.86. The number of methoxy groups -OCH3 is 1. The predicted octanol–water partition coefficient (Wildman–Crippen LogP) is 0.377. The topological polar surface area (TPSA) is 72.8 Å². The Hall–Kier alpha value is -1.36. The van der Waals surface area contributed by atoms with Gasteiger partial charge in [-0.2, -0.15) is 0 Å². The normalized spacial score (nSPS) is 12.5. The van der Waals surface area contributed by atoms with Gasteiger partial charge in [-0.3, -0.25) is 0 Å². The SMILES string of the molecule is CCCC(O)OC(=O)/C=C\C(=O)OC. The fraction of sp³-hybridized carbons (Fsp3) is 0.556. The fourth-order valence-corrected chi connectivity index (χ4v) is 0.683. The lowest BCUT2D eigenvalue weighted by Crippen LogP contribution is -2.15. The maximum Gasteiger partial charge on any atom is 0.333 e. The molecule has 1 N–H and O–H groups in total. The zero-order valence-electron chi connectivity index (χ0n) is 8.23. The highest BCUT2D eigenvalue weighted by molar-refractivity contribution is 5.91. The first-order valence-corrected chi connectivity index (χ1v) is 4.24. The maximum atomic E-state index is 10.9. The standard InChI is InChI=1S/C9H14O5/c1-3-4-8(11)14-9(12)6-5-7(10)13-2/h5-6,8,11H,3-4H2,1-2H3/b6-5-. The number of ether oxygens (including phenoxy) is 2. The second-order valence-corrected chi connectivity index (χ2v) is 2.54. The van der Waals surface area contributed by atoms with Crippen LogP contribution in [-0.2, 0) is 19.1 Å². The van der Waals surface area contributed by atoms with Crippen LogP contribution in [0.15, 0.2) is 12.2 Å². The molecule has 14 heavy (non-hydrogen) atoms. The minimum atomic E-state index is -1.12. The molecular weight excluding hydrogens is 188 g/mol. The van der Waals surface area contributed by atoms with Crippen LogP contribution >= 0.6 is 0 Å². The first-order chi connectivity index (χ1) is 6.60. The molecule has 0 aliphatic rings. The van der Waals surface area contributed by atoms with Gasteiger partial charge in [-0.25, -0.2) is 9.59 Å². The molecule has 0 spiro atoms. The Morgan fingerprint density at radius 1 is 1.36 bits per heavy atom. The molecule has 1 atom stereocenters. The van der Waals surface area contributed by atoms with E-state index in [1.54, 1.807) is 0 Å². The summed E-state index contributed by atoms with van der Waals surface area (Å²) in [6.45, 7) is 1.85. The molecule has 5 nitrogen and oxygen atoms in total. The molecule has 0 fully saturated rings. The molecule has 0 amide bonds. The lowest BCUT2D eigenvalue weighted by atomic mass is 10.3. The lowest BCUT2D eigenvalue weighted by Gasteiger charge is -2.08. The Kier molecular flexibility index (Phi) is 6.39. The molecule has 80 valence electrons. The van der Waals surface area contributed by atoms with E-state index in [1.165, 1.54) is 7.11 Å². The molecule has 5 heteroatoms. The Morgan fingerprint density at radius 2 is 1.93 bits per heavy atom. The van der Waals surface area contributed by atoms with Gasteiger partial charge in [-0.15, -0.1) is 0 Å². The third kappa shape index (κ3) is 6.19. The molecule has 0 aliphatic heterocycles. The van der Waals surface area contributed by atoms with Gasteiger partial charge in [0, 0.05) is 18.6 Å². The van der Waals surface area contributed by atoms with Crippen LogP contribution in [0.3, 0.4) is 0 Å². The Bertz CT molecular complexity index is 221. The van der Waals surface area contributed by atoms with Gasteiger partial charge < -0.3 is 14.6 Å². The number of rotatable bonds is 5. The van der Waals surface area contributed by atoms with E-state index < -0.39 is 18.2 Å². The van der Waals surface area contributed by atoms with Gasteiger partial charge in [0.1, 0.15) is 0 Å². The number of carbonyl (C=O) groups excluding carboxylic acids is 2. The highest BCUT2D eigenvalue weighted by Gasteiger charge is 2.07. The van der Waals surface area contributed by atoms with Gasteiger partial charge in [0.05, 0.1) is 7.11 Å². The van der Waals surface area contributed by atoms with Gasteiger partial charge in [-0.05, 0) is 0 Å². The van der Waals surface area contributed by atoms with Gasteiger partial charge in [-0.1, -0.05) is 13.3 Å². The zero-order valence-corrected chi connectivity index (χ0v) is 8.23. The number of aliphatic hydroxyl groups is 1. The van der Waals surface area contributed by atoms with Crippen LogP contribution in [0.1, 0.15) is 19.8 Å². The van der Waals surface area contributed by atoms with Crippen molar-refractivity contribution in [2.45, 2.75) is 26.1 Å². The predicted molar refractivity (Wildman–Crippen MR) is 48.2 cm³/mol. The molecule has 0 heterocycles. The number of esters is 2. The second-order valence-electron chi connectivity index (χ2n) is 2.54. The van der Waals surface area contributed by atoms with Crippen molar-refractivity contribution >= 4 is 11.9 Å². The summed E-state index contributed by atoms with van der Waals surface area (Å²) in [7, 11) is 1.20.